The Labute approximate surface area is 190 Å². The Hall–Kier alpha value is -2.53. The van der Waals surface area contributed by atoms with Gasteiger partial charge in [-0.25, -0.2) is 0 Å². The van der Waals surface area contributed by atoms with Crippen LogP contribution in [0.3, 0.4) is 0 Å². The molecule has 0 spiro atoms. The van der Waals surface area contributed by atoms with Crippen LogP contribution in [-0.4, -0.2) is 35.9 Å². The zero-order chi connectivity index (χ0) is 23.0. The maximum absolute atomic E-state index is 13.3. The molecule has 0 aliphatic carbocycles. The second-order valence-electron chi connectivity index (χ2n) is 7.82. The number of hydrogen-bond donors (Lipinski definition) is 1. The van der Waals surface area contributed by atoms with Gasteiger partial charge in [-0.1, -0.05) is 49.7 Å². The van der Waals surface area contributed by atoms with Gasteiger partial charge in [0.05, 0.1) is 0 Å². The number of carbonyl (C=O) groups excluding carboxylic acids is 2. The van der Waals surface area contributed by atoms with Gasteiger partial charge in [-0.2, -0.15) is 0 Å². The minimum Gasteiger partial charge on any atom is -0.483 e. The number of rotatable bonds is 10. The lowest BCUT2D eigenvalue weighted by atomic mass is 10.1. The number of amides is 2. The van der Waals surface area contributed by atoms with Crippen LogP contribution in [0, 0.1) is 20.8 Å². The Kier molecular flexibility index (Phi) is 9.38. The topological polar surface area (TPSA) is 58.6 Å². The molecule has 1 N–H and O–H groups in total. The summed E-state index contributed by atoms with van der Waals surface area (Å²) in [5.74, 6) is 0.274. The maximum Gasteiger partial charge on any atom is 0.261 e. The fourth-order valence-electron chi connectivity index (χ4n) is 3.47. The standard InChI is InChI=1S/C25H33ClN2O3/c1-6-12-27-25(30)22(7-2)28(15-20-10-8-9-11-21(20)26)24(29)16-31-23-14-17(3)13-18(4)19(23)5/h8-11,13-14,22H,6-7,12,15-16H2,1-5H3,(H,27,30). The van der Waals surface area contributed by atoms with Crippen molar-refractivity contribution in [2.45, 2.75) is 60.0 Å². The minimum atomic E-state index is -0.598. The quantitative estimate of drug-likeness (QED) is 0.562. The number of nitrogens with one attached hydrogen (secondary N) is 1. The van der Waals surface area contributed by atoms with E-state index in [2.05, 4.69) is 11.4 Å². The van der Waals surface area contributed by atoms with Gasteiger partial charge in [0.25, 0.3) is 5.91 Å². The molecule has 0 heterocycles. The van der Waals surface area contributed by atoms with Crippen molar-refractivity contribution in [1.82, 2.24) is 10.2 Å². The summed E-state index contributed by atoms with van der Waals surface area (Å²) in [5.41, 5.74) is 3.98. The highest BCUT2D eigenvalue weighted by Crippen LogP contribution is 2.24. The fourth-order valence-corrected chi connectivity index (χ4v) is 3.66. The molecule has 168 valence electrons. The molecule has 0 bridgehead atoms. The van der Waals surface area contributed by atoms with Crippen molar-refractivity contribution in [2.24, 2.45) is 0 Å². The first-order chi connectivity index (χ1) is 14.8. The third-order valence-corrected chi connectivity index (χ3v) is 5.72. The Balaban J connectivity index is 2.26. The highest BCUT2D eigenvalue weighted by atomic mass is 35.5. The van der Waals surface area contributed by atoms with E-state index in [9.17, 15) is 9.59 Å². The van der Waals surface area contributed by atoms with Crippen LogP contribution in [0.25, 0.3) is 0 Å². The summed E-state index contributed by atoms with van der Waals surface area (Å²) in [6.45, 7) is 10.6. The zero-order valence-electron chi connectivity index (χ0n) is 19.1. The van der Waals surface area contributed by atoms with Crippen LogP contribution in [-0.2, 0) is 16.1 Å². The molecule has 0 fully saturated rings. The number of carbonyl (C=O) groups is 2. The molecule has 0 radical (unpaired) electrons. The van der Waals surface area contributed by atoms with Crippen LogP contribution in [0.2, 0.25) is 5.02 Å². The molecule has 31 heavy (non-hydrogen) atoms. The van der Waals surface area contributed by atoms with Crippen molar-refractivity contribution < 1.29 is 14.3 Å². The van der Waals surface area contributed by atoms with E-state index in [-0.39, 0.29) is 25.0 Å². The van der Waals surface area contributed by atoms with E-state index in [0.717, 1.165) is 28.7 Å². The van der Waals surface area contributed by atoms with Gasteiger partial charge in [0.2, 0.25) is 5.91 Å². The summed E-state index contributed by atoms with van der Waals surface area (Å²) in [7, 11) is 0. The van der Waals surface area contributed by atoms with Gasteiger partial charge < -0.3 is 15.0 Å². The van der Waals surface area contributed by atoms with E-state index in [1.807, 2.05) is 58.9 Å². The normalized spacial score (nSPS) is 11.7. The third kappa shape index (κ3) is 6.73. The van der Waals surface area contributed by atoms with Crippen molar-refractivity contribution in [2.75, 3.05) is 13.2 Å². The molecule has 0 saturated heterocycles. The van der Waals surface area contributed by atoms with Gasteiger partial charge in [0.1, 0.15) is 11.8 Å². The molecule has 0 saturated carbocycles. The average Bonchev–Trinajstić information content (AvgIpc) is 2.74. The highest BCUT2D eigenvalue weighted by Gasteiger charge is 2.29. The Morgan fingerprint density at radius 1 is 1.13 bits per heavy atom. The van der Waals surface area contributed by atoms with Crippen LogP contribution >= 0.6 is 11.6 Å². The lowest BCUT2D eigenvalue weighted by Crippen LogP contribution is -2.50. The number of hydrogen-bond acceptors (Lipinski definition) is 3. The number of nitrogens with zero attached hydrogens (tertiary/aromatic N) is 1. The number of aryl methyl sites for hydroxylation is 2. The van der Waals surface area contributed by atoms with Gasteiger partial charge in [0.15, 0.2) is 6.61 Å². The van der Waals surface area contributed by atoms with E-state index < -0.39 is 6.04 Å². The van der Waals surface area contributed by atoms with Crippen molar-refractivity contribution in [1.29, 1.82) is 0 Å². The number of benzene rings is 2. The highest BCUT2D eigenvalue weighted by molar-refractivity contribution is 6.31. The van der Waals surface area contributed by atoms with Crippen molar-refractivity contribution in [3.63, 3.8) is 0 Å². The fraction of sp³-hybridized carbons (Fsp3) is 0.440. The van der Waals surface area contributed by atoms with E-state index in [4.69, 9.17) is 16.3 Å². The van der Waals surface area contributed by atoms with Crippen molar-refractivity contribution in [3.05, 3.63) is 63.7 Å². The predicted molar refractivity (Wildman–Crippen MR) is 126 cm³/mol. The SMILES string of the molecule is CCCNC(=O)C(CC)N(Cc1ccccc1Cl)C(=O)COc1cc(C)cc(C)c1C. The molecule has 2 amide bonds. The molecule has 2 rings (SSSR count). The Morgan fingerprint density at radius 3 is 2.48 bits per heavy atom. The molecule has 6 heteroatoms. The van der Waals surface area contributed by atoms with Crippen molar-refractivity contribution >= 4 is 23.4 Å². The summed E-state index contributed by atoms with van der Waals surface area (Å²) in [6, 6.07) is 10.8. The smallest absolute Gasteiger partial charge is 0.261 e. The summed E-state index contributed by atoms with van der Waals surface area (Å²) >= 11 is 6.34. The second kappa shape index (κ2) is 11.8. The van der Waals surface area contributed by atoms with Gasteiger partial charge in [-0.15, -0.1) is 0 Å². The molecular formula is C25H33ClN2O3. The van der Waals surface area contributed by atoms with Crippen LogP contribution in [0.4, 0.5) is 0 Å². The van der Waals surface area contributed by atoms with Gasteiger partial charge >= 0.3 is 0 Å². The number of ether oxygens (including phenoxy) is 1. The van der Waals surface area contributed by atoms with Gasteiger partial charge in [-0.05, 0) is 68.0 Å². The molecule has 1 unspecified atom stereocenters. The largest absolute Gasteiger partial charge is 0.483 e. The van der Waals surface area contributed by atoms with E-state index >= 15 is 0 Å². The first-order valence-corrected chi connectivity index (χ1v) is 11.2. The van der Waals surface area contributed by atoms with Crippen LogP contribution < -0.4 is 10.1 Å². The molecule has 2 aromatic carbocycles. The summed E-state index contributed by atoms with van der Waals surface area (Å²) in [6.07, 6.45) is 1.32. The molecule has 5 nitrogen and oxygen atoms in total. The lowest BCUT2D eigenvalue weighted by Gasteiger charge is -2.31. The predicted octanol–water partition coefficient (Wildman–Crippen LogP) is 4.98. The van der Waals surface area contributed by atoms with Crippen LogP contribution in [0.15, 0.2) is 36.4 Å². The van der Waals surface area contributed by atoms with E-state index in [1.54, 1.807) is 11.0 Å². The summed E-state index contributed by atoms with van der Waals surface area (Å²) in [5, 5.41) is 3.48. The molecule has 0 aliphatic rings. The molecule has 1 atom stereocenters. The molecular weight excluding hydrogens is 412 g/mol. The lowest BCUT2D eigenvalue weighted by molar-refractivity contribution is -0.143. The average molecular weight is 445 g/mol. The summed E-state index contributed by atoms with van der Waals surface area (Å²) in [4.78, 5) is 27.6. The molecule has 0 aromatic heterocycles. The third-order valence-electron chi connectivity index (χ3n) is 5.35. The second-order valence-corrected chi connectivity index (χ2v) is 8.23. The minimum absolute atomic E-state index is 0.147. The molecule has 0 aliphatic heterocycles. The van der Waals surface area contributed by atoms with Crippen molar-refractivity contribution in [3.8, 4) is 5.75 Å². The Bertz CT molecular complexity index is 914. The zero-order valence-corrected chi connectivity index (χ0v) is 19.9. The van der Waals surface area contributed by atoms with E-state index in [0.29, 0.717) is 23.7 Å². The number of halogens is 1. The molecule has 2 aromatic rings. The first-order valence-electron chi connectivity index (χ1n) is 10.8. The van der Waals surface area contributed by atoms with Crippen LogP contribution in [0.1, 0.15) is 48.9 Å². The monoisotopic (exact) mass is 444 g/mol. The maximum atomic E-state index is 13.3. The Morgan fingerprint density at radius 2 is 1.84 bits per heavy atom. The van der Waals surface area contributed by atoms with Gasteiger partial charge in [0, 0.05) is 18.1 Å². The first kappa shape index (κ1) is 24.7. The van der Waals surface area contributed by atoms with E-state index in [1.165, 1.54) is 0 Å². The van der Waals surface area contributed by atoms with Crippen LogP contribution in [0.5, 0.6) is 5.75 Å². The van der Waals surface area contributed by atoms with Gasteiger partial charge in [-0.3, -0.25) is 9.59 Å². The summed E-state index contributed by atoms with van der Waals surface area (Å²) < 4.78 is 5.91.